The quantitative estimate of drug-likeness (QED) is 0.727. The molecule has 0 bridgehead atoms. The molecule has 4 atom stereocenters. The van der Waals surface area contributed by atoms with Crippen molar-refractivity contribution in [1.82, 2.24) is 5.32 Å². The van der Waals surface area contributed by atoms with Gasteiger partial charge < -0.3 is 10.4 Å². The van der Waals surface area contributed by atoms with E-state index in [0.717, 1.165) is 6.42 Å². The van der Waals surface area contributed by atoms with E-state index in [1.165, 1.54) is 5.57 Å². The lowest BCUT2D eigenvalue weighted by Crippen LogP contribution is -2.31. The number of amides is 1. The zero-order valence-electron chi connectivity index (χ0n) is 13.2. The molecule has 0 aliphatic heterocycles. The summed E-state index contributed by atoms with van der Waals surface area (Å²) in [6.45, 7) is 13.0. The van der Waals surface area contributed by atoms with Gasteiger partial charge in [-0.05, 0) is 44.4 Å². The maximum absolute atomic E-state index is 12.2. The molecule has 1 aliphatic carbocycles. The summed E-state index contributed by atoms with van der Waals surface area (Å²) in [6, 6.07) is 0. The van der Waals surface area contributed by atoms with Crippen LogP contribution >= 0.6 is 0 Å². The van der Waals surface area contributed by atoms with Crippen molar-refractivity contribution in [2.24, 2.45) is 23.2 Å². The highest BCUT2D eigenvalue weighted by atomic mass is 16.3. The molecule has 0 aromatic rings. The topological polar surface area (TPSA) is 49.3 Å². The van der Waals surface area contributed by atoms with Gasteiger partial charge in [-0.1, -0.05) is 32.4 Å². The molecule has 1 aliphatic rings. The molecule has 0 radical (unpaired) electrons. The highest BCUT2D eigenvalue weighted by Crippen LogP contribution is 2.59. The van der Waals surface area contributed by atoms with Crippen molar-refractivity contribution in [3.8, 4) is 0 Å². The normalized spacial score (nSPS) is 27.3. The minimum Gasteiger partial charge on any atom is -0.393 e. The lowest BCUT2D eigenvalue weighted by atomic mass is 10.0. The molecule has 0 unspecified atom stereocenters. The monoisotopic (exact) mass is 267 g/mol. The highest BCUT2D eigenvalue weighted by Gasteiger charge is 2.60. The Hall–Kier alpha value is -0.830. The van der Waals surface area contributed by atoms with E-state index >= 15 is 0 Å². The van der Waals surface area contributed by atoms with Crippen LogP contribution in [0, 0.1) is 23.2 Å². The van der Waals surface area contributed by atoms with Crippen molar-refractivity contribution in [1.29, 1.82) is 0 Å². The average Bonchev–Trinajstić information content (AvgIpc) is 2.75. The van der Waals surface area contributed by atoms with E-state index < -0.39 is 0 Å². The van der Waals surface area contributed by atoms with E-state index in [4.69, 9.17) is 0 Å². The largest absolute Gasteiger partial charge is 0.393 e. The summed E-state index contributed by atoms with van der Waals surface area (Å²) in [5, 5.41) is 12.3. The maximum atomic E-state index is 12.2. The van der Waals surface area contributed by atoms with E-state index in [2.05, 4.69) is 46.0 Å². The zero-order valence-corrected chi connectivity index (χ0v) is 13.2. The van der Waals surface area contributed by atoms with Crippen LogP contribution in [0.2, 0.25) is 0 Å². The SMILES string of the molecule is CC(C)=C[C@@H]1[C@H](C(=O)NC[C@H](C)C[C@H](C)O)C1(C)C. The van der Waals surface area contributed by atoms with Gasteiger partial charge in [-0.15, -0.1) is 0 Å². The Balaban J connectivity index is 2.45. The summed E-state index contributed by atoms with van der Waals surface area (Å²) >= 11 is 0. The van der Waals surface area contributed by atoms with Crippen LogP contribution in [0.3, 0.4) is 0 Å². The Morgan fingerprint density at radius 1 is 1.37 bits per heavy atom. The Kier molecular flexibility index (Phi) is 5.19. The van der Waals surface area contributed by atoms with Crippen LogP contribution < -0.4 is 5.32 Å². The molecule has 0 heterocycles. The van der Waals surface area contributed by atoms with Gasteiger partial charge in [-0.2, -0.15) is 0 Å². The fourth-order valence-electron chi connectivity index (χ4n) is 2.90. The Bertz CT molecular complexity index is 354. The Morgan fingerprint density at radius 3 is 2.42 bits per heavy atom. The van der Waals surface area contributed by atoms with Gasteiger partial charge in [0.25, 0.3) is 0 Å². The van der Waals surface area contributed by atoms with Gasteiger partial charge in [0.15, 0.2) is 0 Å². The van der Waals surface area contributed by atoms with Crippen molar-refractivity contribution < 1.29 is 9.90 Å². The molecular weight excluding hydrogens is 238 g/mol. The van der Waals surface area contributed by atoms with Crippen LogP contribution in [0.25, 0.3) is 0 Å². The van der Waals surface area contributed by atoms with Crippen molar-refractivity contribution in [3.63, 3.8) is 0 Å². The van der Waals surface area contributed by atoms with E-state index in [1.807, 2.05) is 0 Å². The predicted molar refractivity (Wildman–Crippen MR) is 78.7 cm³/mol. The Morgan fingerprint density at radius 2 is 1.95 bits per heavy atom. The first-order valence-electron chi connectivity index (χ1n) is 7.27. The number of rotatable bonds is 6. The maximum Gasteiger partial charge on any atom is 0.224 e. The summed E-state index contributed by atoms with van der Waals surface area (Å²) in [5.41, 5.74) is 1.35. The van der Waals surface area contributed by atoms with Gasteiger partial charge >= 0.3 is 0 Å². The summed E-state index contributed by atoms with van der Waals surface area (Å²) in [5.74, 6) is 0.934. The number of allylic oxidation sites excluding steroid dienone is 2. The molecule has 0 saturated heterocycles. The van der Waals surface area contributed by atoms with E-state index in [1.54, 1.807) is 6.92 Å². The number of aliphatic hydroxyl groups is 1. The molecule has 1 fully saturated rings. The second-order valence-electron chi connectivity index (χ2n) is 7.00. The molecule has 3 heteroatoms. The molecule has 0 spiro atoms. The molecule has 110 valence electrons. The second kappa shape index (κ2) is 6.08. The third kappa shape index (κ3) is 4.34. The van der Waals surface area contributed by atoms with E-state index in [-0.39, 0.29) is 23.3 Å². The van der Waals surface area contributed by atoms with E-state index in [0.29, 0.717) is 18.4 Å². The second-order valence-corrected chi connectivity index (χ2v) is 7.00. The standard InChI is InChI=1S/C16H29NO2/c1-10(2)7-13-14(16(13,5)6)15(19)17-9-11(3)8-12(4)18/h7,11-14,18H,8-9H2,1-6H3,(H,17,19)/t11-,12+,13-,14-/m1/s1. The van der Waals surface area contributed by atoms with Crippen molar-refractivity contribution >= 4 is 5.91 Å². The minimum atomic E-state index is -0.303. The van der Waals surface area contributed by atoms with Crippen LogP contribution in [0.1, 0.15) is 48.0 Å². The molecule has 19 heavy (non-hydrogen) atoms. The summed E-state index contributed by atoms with van der Waals surface area (Å²) in [7, 11) is 0. The first-order valence-corrected chi connectivity index (χ1v) is 7.27. The molecule has 3 nitrogen and oxygen atoms in total. The first-order chi connectivity index (χ1) is 8.66. The number of hydrogen-bond donors (Lipinski definition) is 2. The number of carbonyl (C=O) groups excluding carboxylic acids is 1. The summed E-state index contributed by atoms with van der Waals surface area (Å²) in [6.07, 6.45) is 2.64. The summed E-state index contributed by atoms with van der Waals surface area (Å²) < 4.78 is 0. The van der Waals surface area contributed by atoms with Gasteiger partial charge in [-0.3, -0.25) is 4.79 Å². The van der Waals surface area contributed by atoms with Crippen molar-refractivity contribution in [2.75, 3.05) is 6.54 Å². The highest BCUT2D eigenvalue weighted by molar-refractivity contribution is 5.83. The van der Waals surface area contributed by atoms with Gasteiger partial charge in [0.1, 0.15) is 0 Å². The van der Waals surface area contributed by atoms with Gasteiger partial charge in [-0.25, -0.2) is 0 Å². The van der Waals surface area contributed by atoms with Gasteiger partial charge in [0.05, 0.1) is 12.0 Å². The molecule has 2 N–H and O–H groups in total. The third-order valence-electron chi connectivity index (χ3n) is 4.07. The molecule has 0 aromatic carbocycles. The van der Waals surface area contributed by atoms with Crippen molar-refractivity contribution in [2.45, 2.75) is 54.1 Å². The smallest absolute Gasteiger partial charge is 0.224 e. The third-order valence-corrected chi connectivity index (χ3v) is 4.07. The van der Waals surface area contributed by atoms with Gasteiger partial charge in [0, 0.05) is 6.54 Å². The van der Waals surface area contributed by atoms with Crippen LogP contribution in [-0.4, -0.2) is 23.7 Å². The molecular formula is C16H29NO2. The average molecular weight is 267 g/mol. The first kappa shape index (κ1) is 16.2. The van der Waals surface area contributed by atoms with Crippen LogP contribution in [0.4, 0.5) is 0 Å². The van der Waals surface area contributed by atoms with Crippen molar-refractivity contribution in [3.05, 3.63) is 11.6 Å². The fourth-order valence-corrected chi connectivity index (χ4v) is 2.90. The van der Waals surface area contributed by atoms with Gasteiger partial charge in [0.2, 0.25) is 5.91 Å². The Labute approximate surface area is 117 Å². The lowest BCUT2D eigenvalue weighted by molar-refractivity contribution is -0.123. The number of aliphatic hydroxyl groups excluding tert-OH is 1. The van der Waals surface area contributed by atoms with Crippen LogP contribution in [0.15, 0.2) is 11.6 Å². The van der Waals surface area contributed by atoms with Crippen LogP contribution in [0.5, 0.6) is 0 Å². The number of nitrogens with one attached hydrogen (secondary N) is 1. The fraction of sp³-hybridized carbons (Fsp3) is 0.812. The number of hydrogen-bond acceptors (Lipinski definition) is 2. The summed E-state index contributed by atoms with van der Waals surface area (Å²) in [4.78, 5) is 12.2. The zero-order chi connectivity index (χ0) is 14.8. The predicted octanol–water partition coefficient (Wildman–Crippen LogP) is 2.75. The molecule has 1 saturated carbocycles. The lowest BCUT2D eigenvalue weighted by Gasteiger charge is -2.14. The molecule has 1 amide bonds. The van der Waals surface area contributed by atoms with Crippen LogP contribution in [-0.2, 0) is 4.79 Å². The number of carbonyl (C=O) groups is 1. The van der Waals surface area contributed by atoms with E-state index in [9.17, 15) is 9.90 Å². The minimum absolute atomic E-state index is 0.0782. The molecule has 0 aromatic heterocycles. The molecule has 1 rings (SSSR count).